The highest BCUT2D eigenvalue weighted by Crippen LogP contribution is 2.38. The van der Waals surface area contributed by atoms with Gasteiger partial charge in [-0.1, -0.05) is 23.7 Å². The maximum absolute atomic E-state index is 12.4. The second kappa shape index (κ2) is 7.28. The third kappa shape index (κ3) is 3.59. The maximum atomic E-state index is 12.4. The molecule has 7 nitrogen and oxygen atoms in total. The summed E-state index contributed by atoms with van der Waals surface area (Å²) < 4.78 is 17.4. The van der Waals surface area contributed by atoms with Crippen molar-refractivity contribution < 1.29 is 19.0 Å². The first-order valence-corrected chi connectivity index (χ1v) is 8.67. The van der Waals surface area contributed by atoms with Crippen molar-refractivity contribution in [1.82, 2.24) is 9.55 Å². The van der Waals surface area contributed by atoms with Crippen molar-refractivity contribution in [2.45, 2.75) is 13.2 Å². The number of carbonyl (C=O) groups excluding carboxylic acids is 1. The number of nitrogens with zero attached hydrogens (tertiary/aromatic N) is 2. The first kappa shape index (κ1) is 17.4. The quantitative estimate of drug-likeness (QED) is 0.641. The van der Waals surface area contributed by atoms with Crippen LogP contribution in [-0.2, 0) is 22.7 Å². The fourth-order valence-electron chi connectivity index (χ4n) is 2.81. The summed E-state index contributed by atoms with van der Waals surface area (Å²) in [5, 5.41) is 0.847. The Hall–Kier alpha value is -3.06. The van der Waals surface area contributed by atoms with Crippen molar-refractivity contribution in [3.05, 3.63) is 63.7 Å². The molecule has 8 heteroatoms. The predicted molar refractivity (Wildman–Crippen MR) is 98.2 cm³/mol. The number of benzene rings is 2. The van der Waals surface area contributed by atoms with Crippen LogP contribution in [0.4, 0.5) is 0 Å². The van der Waals surface area contributed by atoms with Crippen molar-refractivity contribution in [3.8, 4) is 11.5 Å². The van der Waals surface area contributed by atoms with E-state index in [1.165, 1.54) is 10.9 Å². The lowest BCUT2D eigenvalue weighted by Gasteiger charge is -2.20. The topological polar surface area (TPSA) is 79.7 Å². The Labute approximate surface area is 159 Å². The highest BCUT2D eigenvalue weighted by molar-refractivity contribution is 6.32. The van der Waals surface area contributed by atoms with Crippen LogP contribution in [0.5, 0.6) is 11.5 Å². The van der Waals surface area contributed by atoms with E-state index in [1.807, 2.05) is 0 Å². The summed E-state index contributed by atoms with van der Waals surface area (Å²) >= 11 is 6.17. The maximum Gasteiger partial charge on any atom is 0.326 e. The Morgan fingerprint density at radius 3 is 2.93 bits per heavy atom. The van der Waals surface area contributed by atoms with Crippen LogP contribution in [-0.4, -0.2) is 28.7 Å². The van der Waals surface area contributed by atoms with Gasteiger partial charge in [0.25, 0.3) is 5.56 Å². The third-order valence-electron chi connectivity index (χ3n) is 4.09. The summed E-state index contributed by atoms with van der Waals surface area (Å²) in [6, 6.07) is 10.3. The van der Waals surface area contributed by atoms with Crippen LogP contribution >= 0.6 is 11.6 Å². The number of para-hydroxylation sites is 1. The molecule has 0 radical (unpaired) electrons. The van der Waals surface area contributed by atoms with Gasteiger partial charge in [0.05, 0.1) is 22.3 Å². The number of fused-ring (bicyclic) bond motifs is 2. The molecular formula is C19H15ClN2O5. The van der Waals surface area contributed by atoms with Gasteiger partial charge in [-0.15, -0.1) is 0 Å². The lowest BCUT2D eigenvalue weighted by atomic mass is 10.2. The minimum absolute atomic E-state index is 0.00491. The zero-order chi connectivity index (χ0) is 18.8. The van der Waals surface area contributed by atoms with E-state index in [1.54, 1.807) is 36.4 Å². The van der Waals surface area contributed by atoms with Crippen LogP contribution in [0.25, 0.3) is 10.9 Å². The first-order valence-electron chi connectivity index (χ1n) is 8.29. The van der Waals surface area contributed by atoms with E-state index in [9.17, 15) is 9.59 Å². The molecule has 1 aliphatic rings. The summed E-state index contributed by atoms with van der Waals surface area (Å²) in [5.41, 5.74) is 0.958. The van der Waals surface area contributed by atoms with E-state index in [2.05, 4.69) is 4.98 Å². The van der Waals surface area contributed by atoms with Crippen LogP contribution in [0.1, 0.15) is 5.56 Å². The molecular weight excluding hydrogens is 372 g/mol. The van der Waals surface area contributed by atoms with Gasteiger partial charge in [-0.25, -0.2) is 4.98 Å². The number of hydrogen-bond acceptors (Lipinski definition) is 6. The van der Waals surface area contributed by atoms with Gasteiger partial charge < -0.3 is 14.2 Å². The molecule has 4 rings (SSSR count). The fourth-order valence-corrected chi connectivity index (χ4v) is 3.10. The summed E-state index contributed by atoms with van der Waals surface area (Å²) in [6.07, 6.45) is 1.34. The van der Waals surface area contributed by atoms with E-state index < -0.39 is 5.97 Å². The van der Waals surface area contributed by atoms with Gasteiger partial charge in [0.1, 0.15) is 26.4 Å². The molecule has 0 fully saturated rings. The zero-order valence-electron chi connectivity index (χ0n) is 14.2. The molecule has 0 bridgehead atoms. The van der Waals surface area contributed by atoms with Crippen molar-refractivity contribution in [2.75, 3.05) is 13.2 Å². The second-order valence-corrected chi connectivity index (χ2v) is 6.36. The van der Waals surface area contributed by atoms with Crippen LogP contribution in [0.2, 0.25) is 5.02 Å². The molecule has 0 aliphatic carbocycles. The largest absolute Gasteiger partial charge is 0.486 e. The molecule has 0 amide bonds. The van der Waals surface area contributed by atoms with Crippen LogP contribution in [0, 0.1) is 0 Å². The highest BCUT2D eigenvalue weighted by Gasteiger charge is 2.17. The lowest BCUT2D eigenvalue weighted by Crippen LogP contribution is -2.25. The monoisotopic (exact) mass is 386 g/mol. The Morgan fingerprint density at radius 2 is 2.04 bits per heavy atom. The molecule has 0 N–H and O–H groups in total. The van der Waals surface area contributed by atoms with Crippen LogP contribution < -0.4 is 15.0 Å². The van der Waals surface area contributed by atoms with Gasteiger partial charge in [-0.2, -0.15) is 0 Å². The third-order valence-corrected chi connectivity index (χ3v) is 4.37. The van der Waals surface area contributed by atoms with Gasteiger partial charge in [-0.05, 0) is 29.8 Å². The number of rotatable bonds is 4. The van der Waals surface area contributed by atoms with Gasteiger partial charge in [0, 0.05) is 0 Å². The SMILES string of the molecule is O=C(Cn1cnc2ccccc2c1=O)OCc1cc(Cl)c2c(c1)OCCO2. The zero-order valence-corrected chi connectivity index (χ0v) is 14.9. The highest BCUT2D eigenvalue weighted by atomic mass is 35.5. The van der Waals surface area contributed by atoms with Crippen LogP contribution in [0.3, 0.4) is 0 Å². The number of hydrogen-bond donors (Lipinski definition) is 0. The molecule has 0 saturated carbocycles. The first-order chi connectivity index (χ1) is 13.1. The number of esters is 1. The summed E-state index contributed by atoms with van der Waals surface area (Å²) in [6.45, 7) is 0.653. The van der Waals surface area contributed by atoms with Crippen molar-refractivity contribution in [2.24, 2.45) is 0 Å². The Morgan fingerprint density at radius 1 is 1.22 bits per heavy atom. The molecule has 0 spiro atoms. The normalized spacial score (nSPS) is 12.8. The minimum atomic E-state index is -0.555. The van der Waals surface area contributed by atoms with Gasteiger partial charge in [0.15, 0.2) is 11.5 Å². The van der Waals surface area contributed by atoms with E-state index in [0.29, 0.717) is 46.2 Å². The number of carbonyl (C=O) groups is 1. The minimum Gasteiger partial charge on any atom is -0.486 e. The van der Waals surface area contributed by atoms with E-state index in [4.69, 9.17) is 25.8 Å². The lowest BCUT2D eigenvalue weighted by molar-refractivity contribution is -0.145. The molecule has 27 heavy (non-hydrogen) atoms. The molecule has 2 aromatic carbocycles. The van der Waals surface area contributed by atoms with Crippen molar-refractivity contribution >= 4 is 28.5 Å². The van der Waals surface area contributed by atoms with Gasteiger partial charge >= 0.3 is 5.97 Å². The molecule has 1 aromatic heterocycles. The van der Waals surface area contributed by atoms with Crippen molar-refractivity contribution in [3.63, 3.8) is 0 Å². The molecule has 138 valence electrons. The average Bonchev–Trinajstić information content (AvgIpc) is 2.69. The molecule has 3 aromatic rings. The van der Waals surface area contributed by atoms with Crippen LogP contribution in [0.15, 0.2) is 47.5 Å². The number of ether oxygens (including phenoxy) is 3. The summed E-state index contributed by atoms with van der Waals surface area (Å²) in [5.74, 6) is 0.460. The molecule has 0 saturated heterocycles. The van der Waals surface area contributed by atoms with Gasteiger partial charge in [-0.3, -0.25) is 14.2 Å². The second-order valence-electron chi connectivity index (χ2n) is 5.96. The Bertz CT molecular complexity index is 1080. The van der Waals surface area contributed by atoms with E-state index in [0.717, 1.165) is 0 Å². The Kier molecular flexibility index (Phi) is 4.68. The molecule has 0 atom stereocenters. The average molecular weight is 387 g/mol. The molecule has 2 heterocycles. The smallest absolute Gasteiger partial charge is 0.326 e. The van der Waals surface area contributed by atoms with E-state index >= 15 is 0 Å². The standard InChI is InChI=1S/C19H15ClN2O5/c20-14-7-12(8-16-18(14)26-6-5-25-16)10-27-17(23)9-22-11-21-15-4-2-1-3-13(15)19(22)24/h1-4,7-8,11H,5-6,9-10H2. The molecule has 1 aliphatic heterocycles. The Balaban J connectivity index is 1.45. The summed E-state index contributed by atoms with van der Waals surface area (Å²) in [4.78, 5) is 28.7. The fraction of sp³-hybridized carbons (Fsp3) is 0.211. The predicted octanol–water partition coefficient (Wildman–Crippen LogP) is 2.56. The number of halogens is 1. The van der Waals surface area contributed by atoms with Crippen molar-refractivity contribution in [1.29, 1.82) is 0 Å². The van der Waals surface area contributed by atoms with Gasteiger partial charge in [0.2, 0.25) is 0 Å². The molecule has 0 unspecified atom stereocenters. The van der Waals surface area contributed by atoms with E-state index in [-0.39, 0.29) is 18.7 Å². The number of aromatic nitrogens is 2. The summed E-state index contributed by atoms with van der Waals surface area (Å²) in [7, 11) is 0.